The van der Waals surface area contributed by atoms with E-state index < -0.39 is 18.0 Å². The molecule has 1 saturated heterocycles. The van der Waals surface area contributed by atoms with E-state index in [1.165, 1.54) is 0 Å². The number of rotatable bonds is 5. The Morgan fingerprint density at radius 2 is 2.33 bits per heavy atom. The third-order valence-corrected chi connectivity index (χ3v) is 3.23. The predicted octanol–water partition coefficient (Wildman–Crippen LogP) is -1.69. The largest absolute Gasteiger partial charge is 0.368 e. The summed E-state index contributed by atoms with van der Waals surface area (Å²) in [7, 11) is 0. The van der Waals surface area contributed by atoms with Crippen molar-refractivity contribution < 1.29 is 9.59 Å². The van der Waals surface area contributed by atoms with Gasteiger partial charge >= 0.3 is 0 Å². The van der Waals surface area contributed by atoms with Crippen molar-refractivity contribution in [2.24, 2.45) is 17.4 Å². The number of aromatic amines is 1. The van der Waals surface area contributed by atoms with Crippen LogP contribution in [0.3, 0.4) is 0 Å². The Kier molecular flexibility index (Phi) is 3.73. The van der Waals surface area contributed by atoms with E-state index in [1.54, 1.807) is 12.5 Å². The molecule has 0 radical (unpaired) electrons. The first-order chi connectivity index (χ1) is 8.58. The highest BCUT2D eigenvalue weighted by Gasteiger charge is 2.34. The van der Waals surface area contributed by atoms with Gasteiger partial charge in [-0.05, 0) is 6.42 Å². The van der Waals surface area contributed by atoms with Crippen LogP contribution in [0.2, 0.25) is 0 Å². The van der Waals surface area contributed by atoms with Crippen molar-refractivity contribution in [3.05, 3.63) is 18.2 Å². The molecule has 2 rings (SSSR count). The number of nitrogens with zero attached hydrogens (tertiary/aromatic N) is 1. The van der Waals surface area contributed by atoms with E-state index in [1.807, 2.05) is 0 Å². The molecule has 7 heteroatoms. The zero-order valence-electron chi connectivity index (χ0n) is 9.93. The molecule has 1 aromatic rings. The van der Waals surface area contributed by atoms with E-state index in [9.17, 15) is 9.59 Å². The van der Waals surface area contributed by atoms with E-state index in [4.69, 9.17) is 11.5 Å². The van der Waals surface area contributed by atoms with E-state index in [2.05, 4.69) is 15.3 Å². The lowest BCUT2D eigenvalue weighted by atomic mass is 9.93. The number of carbonyl (C=O) groups is 2. The standard InChI is InChI=1S/C11H17N5O2/c12-8(2-7-4-14-5-16-7)10(17)6-1-9(11(13)18)15-3-6/h4-6,8-9,15H,1-3,12H2,(H2,13,18)(H,14,16)/t6?,8-,9-/m0/s1. The second kappa shape index (κ2) is 5.28. The summed E-state index contributed by atoms with van der Waals surface area (Å²) in [5.74, 6) is -0.711. The summed E-state index contributed by atoms with van der Waals surface area (Å²) in [6.07, 6.45) is 4.10. The molecule has 7 nitrogen and oxygen atoms in total. The number of nitrogens with two attached hydrogens (primary N) is 2. The molecule has 3 atom stereocenters. The topological polar surface area (TPSA) is 127 Å². The maximum Gasteiger partial charge on any atom is 0.234 e. The predicted molar refractivity (Wildman–Crippen MR) is 64.4 cm³/mol. The lowest BCUT2D eigenvalue weighted by Gasteiger charge is -2.13. The van der Waals surface area contributed by atoms with Crippen LogP contribution in [0, 0.1) is 5.92 Å². The Morgan fingerprint density at radius 3 is 2.89 bits per heavy atom. The van der Waals surface area contributed by atoms with Crippen LogP contribution >= 0.6 is 0 Å². The third kappa shape index (κ3) is 2.74. The first-order valence-corrected chi connectivity index (χ1v) is 5.87. The number of nitrogens with one attached hydrogen (secondary N) is 2. The third-order valence-electron chi connectivity index (χ3n) is 3.23. The van der Waals surface area contributed by atoms with Gasteiger partial charge in [0.2, 0.25) is 5.91 Å². The summed E-state index contributed by atoms with van der Waals surface area (Å²) in [6.45, 7) is 0.459. The molecule has 0 aliphatic carbocycles. The van der Waals surface area contributed by atoms with Gasteiger partial charge < -0.3 is 21.8 Å². The molecule has 0 bridgehead atoms. The summed E-state index contributed by atoms with van der Waals surface area (Å²) < 4.78 is 0. The van der Waals surface area contributed by atoms with Crippen LogP contribution in [0.5, 0.6) is 0 Å². The lowest BCUT2D eigenvalue weighted by molar-refractivity contribution is -0.123. The second-order valence-corrected chi connectivity index (χ2v) is 4.57. The zero-order chi connectivity index (χ0) is 13.1. The Hall–Kier alpha value is -1.73. The van der Waals surface area contributed by atoms with Gasteiger partial charge in [0, 0.05) is 25.1 Å². The highest BCUT2D eigenvalue weighted by molar-refractivity contribution is 5.89. The molecule has 18 heavy (non-hydrogen) atoms. The molecule has 1 aliphatic heterocycles. The van der Waals surface area contributed by atoms with E-state index in [0.29, 0.717) is 19.4 Å². The number of hydrogen-bond donors (Lipinski definition) is 4. The van der Waals surface area contributed by atoms with Crippen LogP contribution in [-0.4, -0.2) is 40.3 Å². The van der Waals surface area contributed by atoms with Gasteiger partial charge in [0.1, 0.15) is 0 Å². The first kappa shape index (κ1) is 12.7. The maximum absolute atomic E-state index is 12.1. The molecule has 0 spiro atoms. The zero-order valence-corrected chi connectivity index (χ0v) is 9.93. The van der Waals surface area contributed by atoms with Crippen molar-refractivity contribution in [3.63, 3.8) is 0 Å². The number of aromatic nitrogens is 2. The molecule has 98 valence electrons. The molecule has 1 unspecified atom stereocenters. The number of Topliss-reactive ketones (excluding diaryl/α,β-unsaturated/α-hetero) is 1. The van der Waals surface area contributed by atoms with Gasteiger partial charge in [0.15, 0.2) is 5.78 Å². The van der Waals surface area contributed by atoms with Crippen molar-refractivity contribution in [2.45, 2.75) is 24.9 Å². The van der Waals surface area contributed by atoms with Crippen LogP contribution in [0.15, 0.2) is 12.5 Å². The van der Waals surface area contributed by atoms with Gasteiger partial charge in [-0.15, -0.1) is 0 Å². The van der Waals surface area contributed by atoms with Crippen molar-refractivity contribution in [2.75, 3.05) is 6.54 Å². The van der Waals surface area contributed by atoms with Gasteiger partial charge in [-0.25, -0.2) is 4.98 Å². The fraction of sp³-hybridized carbons (Fsp3) is 0.545. The van der Waals surface area contributed by atoms with Crippen molar-refractivity contribution >= 4 is 11.7 Å². The van der Waals surface area contributed by atoms with E-state index in [0.717, 1.165) is 5.69 Å². The fourth-order valence-electron chi connectivity index (χ4n) is 2.20. The van der Waals surface area contributed by atoms with Gasteiger partial charge in [0.05, 0.1) is 24.1 Å². The summed E-state index contributed by atoms with van der Waals surface area (Å²) in [5.41, 5.74) is 11.8. The maximum atomic E-state index is 12.1. The fourth-order valence-corrected chi connectivity index (χ4v) is 2.20. The summed E-state index contributed by atoms with van der Waals surface area (Å²) in [6, 6.07) is -1.01. The average molecular weight is 251 g/mol. The molecule has 1 amide bonds. The molecule has 0 aromatic carbocycles. The Labute approximate surface area is 104 Å². The van der Waals surface area contributed by atoms with Crippen LogP contribution in [0.1, 0.15) is 12.1 Å². The molecule has 2 heterocycles. The molecule has 6 N–H and O–H groups in total. The normalized spacial score (nSPS) is 24.9. The number of primary amides is 1. The van der Waals surface area contributed by atoms with Crippen LogP contribution in [-0.2, 0) is 16.0 Å². The van der Waals surface area contributed by atoms with E-state index >= 15 is 0 Å². The number of H-pyrrole nitrogens is 1. The smallest absolute Gasteiger partial charge is 0.234 e. The summed E-state index contributed by atoms with van der Waals surface area (Å²) in [4.78, 5) is 29.9. The Morgan fingerprint density at radius 1 is 1.56 bits per heavy atom. The SMILES string of the molecule is NC(=O)[C@@H]1CC(C(=O)[C@@H](N)Cc2c[nH]cn2)CN1. The van der Waals surface area contributed by atoms with E-state index in [-0.39, 0.29) is 11.7 Å². The number of ketones is 1. The van der Waals surface area contributed by atoms with Crippen molar-refractivity contribution in [3.8, 4) is 0 Å². The van der Waals surface area contributed by atoms with Crippen LogP contribution in [0.25, 0.3) is 0 Å². The molecule has 1 fully saturated rings. The lowest BCUT2D eigenvalue weighted by Crippen LogP contribution is -2.38. The van der Waals surface area contributed by atoms with Crippen LogP contribution < -0.4 is 16.8 Å². The highest BCUT2D eigenvalue weighted by atomic mass is 16.1. The average Bonchev–Trinajstić information content (AvgIpc) is 2.98. The number of amides is 1. The van der Waals surface area contributed by atoms with Crippen molar-refractivity contribution in [1.82, 2.24) is 15.3 Å². The Balaban J connectivity index is 1.90. The molecule has 1 aliphatic rings. The minimum Gasteiger partial charge on any atom is -0.368 e. The Bertz CT molecular complexity index is 431. The minimum absolute atomic E-state index is 0.0470. The van der Waals surface area contributed by atoms with Crippen LogP contribution in [0.4, 0.5) is 0 Å². The summed E-state index contributed by atoms with van der Waals surface area (Å²) >= 11 is 0. The van der Waals surface area contributed by atoms with Crippen molar-refractivity contribution in [1.29, 1.82) is 0 Å². The summed E-state index contributed by atoms with van der Waals surface area (Å²) in [5, 5.41) is 2.93. The second-order valence-electron chi connectivity index (χ2n) is 4.57. The number of carbonyl (C=O) groups excluding carboxylic acids is 2. The number of imidazole rings is 1. The molecular formula is C11H17N5O2. The van der Waals surface area contributed by atoms with Gasteiger partial charge in [0.25, 0.3) is 0 Å². The highest BCUT2D eigenvalue weighted by Crippen LogP contribution is 2.17. The monoisotopic (exact) mass is 251 g/mol. The number of hydrogen-bond acceptors (Lipinski definition) is 5. The molecule has 1 aromatic heterocycles. The quantitative estimate of drug-likeness (QED) is 0.496. The molecular weight excluding hydrogens is 234 g/mol. The van der Waals surface area contributed by atoms with Gasteiger partial charge in [-0.3, -0.25) is 9.59 Å². The van der Waals surface area contributed by atoms with Gasteiger partial charge in [-0.2, -0.15) is 0 Å². The van der Waals surface area contributed by atoms with Gasteiger partial charge in [-0.1, -0.05) is 0 Å². The minimum atomic E-state index is -0.591. The first-order valence-electron chi connectivity index (χ1n) is 5.87. The molecule has 0 saturated carbocycles.